The van der Waals surface area contributed by atoms with Crippen LogP contribution in [0.15, 0.2) is 59.4 Å². The van der Waals surface area contributed by atoms with Gasteiger partial charge in [0.2, 0.25) is 5.78 Å². The van der Waals surface area contributed by atoms with Crippen molar-refractivity contribution in [3.05, 3.63) is 65.6 Å². The number of aliphatic hydroxyl groups excluding tert-OH is 1. The molecule has 0 fully saturated rings. The van der Waals surface area contributed by atoms with E-state index >= 15 is 0 Å². The zero-order valence-corrected chi connectivity index (χ0v) is 12.9. The zero-order valence-electron chi connectivity index (χ0n) is 12.1. The molecule has 0 amide bonds. The molecule has 2 aromatic rings. The highest BCUT2D eigenvalue weighted by molar-refractivity contribution is 7.89. The van der Waals surface area contributed by atoms with Gasteiger partial charge in [-0.3, -0.25) is 14.1 Å². The van der Waals surface area contributed by atoms with Gasteiger partial charge in [0.05, 0.1) is 18.0 Å². The number of aromatic nitrogens is 1. The standard InChI is InChI=1S/C16H14N2O4S/c19-10-9-18-14(11-12-5-7-17-8-6-12)16(20)13-3-1-2-4-15(13)23(18,21)22/h1-8,11,19H,9-10H2/b14-11+. The number of β-amino-alcohol motifs (C(OH)–C–C–N with tert-alkyl or cyclic N) is 1. The van der Waals surface area contributed by atoms with Crippen LogP contribution in [0.1, 0.15) is 15.9 Å². The SMILES string of the molecule is O=C1/C(=C\c2ccncc2)N(CCO)S(=O)(=O)c2ccccc21. The summed E-state index contributed by atoms with van der Waals surface area (Å²) in [6.07, 6.45) is 4.60. The number of Topliss-reactive ketones (excluding diaryl/α,β-unsaturated/α-hetero) is 1. The number of allylic oxidation sites excluding steroid dienone is 1. The van der Waals surface area contributed by atoms with Crippen LogP contribution in [0.3, 0.4) is 0 Å². The molecule has 1 aromatic carbocycles. The molecule has 118 valence electrons. The Kier molecular flexibility index (Phi) is 3.97. The summed E-state index contributed by atoms with van der Waals surface area (Å²) in [5, 5.41) is 9.21. The Bertz CT molecular complexity index is 876. The molecule has 1 aromatic heterocycles. The lowest BCUT2D eigenvalue weighted by molar-refractivity contribution is 0.0998. The van der Waals surface area contributed by atoms with E-state index in [4.69, 9.17) is 0 Å². The summed E-state index contributed by atoms with van der Waals surface area (Å²) in [7, 11) is -3.88. The number of carbonyl (C=O) groups is 1. The molecule has 2 heterocycles. The number of pyridine rings is 1. The first-order valence-corrected chi connectivity index (χ1v) is 8.39. The summed E-state index contributed by atoms with van der Waals surface area (Å²) in [5.74, 6) is -0.388. The highest BCUT2D eigenvalue weighted by Gasteiger charge is 2.38. The molecule has 0 radical (unpaired) electrons. The van der Waals surface area contributed by atoms with Crippen LogP contribution in [0.25, 0.3) is 6.08 Å². The summed E-state index contributed by atoms with van der Waals surface area (Å²) in [5.41, 5.74) is 0.812. The van der Waals surface area contributed by atoms with Crippen molar-refractivity contribution < 1.29 is 18.3 Å². The van der Waals surface area contributed by atoms with E-state index in [9.17, 15) is 18.3 Å². The number of sulfonamides is 1. The van der Waals surface area contributed by atoms with Crippen LogP contribution in [-0.4, -0.2) is 41.7 Å². The maximum absolute atomic E-state index is 12.7. The molecule has 0 saturated carbocycles. The first kappa shape index (κ1) is 15.4. The Hall–Kier alpha value is -2.51. The number of fused-ring (bicyclic) bond motifs is 1. The van der Waals surface area contributed by atoms with Gasteiger partial charge in [-0.1, -0.05) is 12.1 Å². The fraction of sp³-hybridized carbons (Fsp3) is 0.125. The van der Waals surface area contributed by atoms with Crippen molar-refractivity contribution in [2.45, 2.75) is 4.90 Å². The Balaban J connectivity index is 2.23. The number of hydrogen-bond donors (Lipinski definition) is 1. The van der Waals surface area contributed by atoms with Crippen LogP contribution in [0.4, 0.5) is 0 Å². The maximum Gasteiger partial charge on any atom is 0.265 e. The molecule has 3 rings (SSSR count). The van der Waals surface area contributed by atoms with E-state index in [1.807, 2.05) is 0 Å². The van der Waals surface area contributed by atoms with Gasteiger partial charge in [-0.05, 0) is 35.9 Å². The number of aliphatic hydroxyl groups is 1. The van der Waals surface area contributed by atoms with Crippen LogP contribution in [0.2, 0.25) is 0 Å². The van der Waals surface area contributed by atoms with Crippen molar-refractivity contribution in [1.82, 2.24) is 9.29 Å². The van der Waals surface area contributed by atoms with Crippen molar-refractivity contribution in [2.75, 3.05) is 13.2 Å². The van der Waals surface area contributed by atoms with Crippen molar-refractivity contribution in [3.63, 3.8) is 0 Å². The van der Waals surface area contributed by atoms with Crippen LogP contribution >= 0.6 is 0 Å². The second kappa shape index (κ2) is 5.94. The van der Waals surface area contributed by atoms with E-state index < -0.39 is 10.0 Å². The quantitative estimate of drug-likeness (QED) is 0.857. The maximum atomic E-state index is 12.7. The summed E-state index contributed by atoms with van der Waals surface area (Å²) < 4.78 is 26.5. The van der Waals surface area contributed by atoms with Gasteiger partial charge in [0.1, 0.15) is 5.70 Å². The number of carbonyl (C=O) groups excluding carboxylic acids is 1. The first-order chi connectivity index (χ1) is 11.1. The van der Waals surface area contributed by atoms with Gasteiger partial charge in [-0.15, -0.1) is 0 Å². The highest BCUT2D eigenvalue weighted by Crippen LogP contribution is 2.32. The van der Waals surface area contributed by atoms with Crippen LogP contribution < -0.4 is 0 Å². The largest absolute Gasteiger partial charge is 0.394 e. The molecule has 1 aliphatic heterocycles. The average Bonchev–Trinajstić information content (AvgIpc) is 2.57. The Morgan fingerprint density at radius 2 is 1.83 bits per heavy atom. The Morgan fingerprint density at radius 3 is 2.52 bits per heavy atom. The molecule has 0 saturated heterocycles. The van der Waals surface area contributed by atoms with Gasteiger partial charge in [0, 0.05) is 18.0 Å². The predicted octanol–water partition coefficient (Wildman–Crippen LogP) is 1.30. The van der Waals surface area contributed by atoms with E-state index in [1.165, 1.54) is 18.2 Å². The second-order valence-corrected chi connectivity index (χ2v) is 6.77. The van der Waals surface area contributed by atoms with Gasteiger partial charge in [0.25, 0.3) is 10.0 Å². The summed E-state index contributed by atoms with van der Waals surface area (Å²) >= 11 is 0. The highest BCUT2D eigenvalue weighted by atomic mass is 32.2. The lowest BCUT2D eigenvalue weighted by atomic mass is 10.1. The molecule has 0 aliphatic carbocycles. The molecule has 0 spiro atoms. The molecule has 0 atom stereocenters. The van der Waals surface area contributed by atoms with E-state index in [1.54, 1.807) is 36.7 Å². The van der Waals surface area contributed by atoms with Crippen molar-refractivity contribution in [3.8, 4) is 0 Å². The molecule has 6 nitrogen and oxygen atoms in total. The summed E-state index contributed by atoms with van der Waals surface area (Å²) in [6, 6.07) is 9.42. The number of rotatable bonds is 3. The molecule has 23 heavy (non-hydrogen) atoms. The minimum absolute atomic E-state index is 0.0175. The topological polar surface area (TPSA) is 87.6 Å². The van der Waals surface area contributed by atoms with Gasteiger partial charge in [0.15, 0.2) is 0 Å². The third kappa shape index (κ3) is 2.64. The third-order valence-electron chi connectivity index (χ3n) is 3.51. The Morgan fingerprint density at radius 1 is 1.13 bits per heavy atom. The second-order valence-electron chi connectivity index (χ2n) is 4.94. The van der Waals surface area contributed by atoms with Crippen molar-refractivity contribution in [2.24, 2.45) is 0 Å². The van der Waals surface area contributed by atoms with E-state index in [2.05, 4.69) is 4.98 Å². The van der Waals surface area contributed by atoms with Gasteiger partial charge >= 0.3 is 0 Å². The predicted molar refractivity (Wildman–Crippen MR) is 84.0 cm³/mol. The molecule has 0 bridgehead atoms. The minimum atomic E-state index is -3.88. The number of hydrogen-bond acceptors (Lipinski definition) is 5. The van der Waals surface area contributed by atoms with Crippen molar-refractivity contribution >= 4 is 21.9 Å². The smallest absolute Gasteiger partial charge is 0.265 e. The van der Waals surface area contributed by atoms with Crippen LogP contribution in [0, 0.1) is 0 Å². The van der Waals surface area contributed by atoms with E-state index in [0.717, 1.165) is 4.31 Å². The number of ketones is 1. The summed E-state index contributed by atoms with van der Waals surface area (Å²) in [4.78, 5) is 16.6. The monoisotopic (exact) mass is 330 g/mol. The molecule has 7 heteroatoms. The van der Waals surface area contributed by atoms with Gasteiger partial charge in [-0.25, -0.2) is 8.42 Å². The normalized spacial score (nSPS) is 18.0. The first-order valence-electron chi connectivity index (χ1n) is 6.95. The van der Waals surface area contributed by atoms with E-state index in [0.29, 0.717) is 5.56 Å². The van der Waals surface area contributed by atoms with Gasteiger partial charge in [-0.2, -0.15) is 0 Å². The average molecular weight is 330 g/mol. The van der Waals surface area contributed by atoms with Crippen LogP contribution in [0.5, 0.6) is 0 Å². The molecular weight excluding hydrogens is 316 g/mol. The van der Waals surface area contributed by atoms with Gasteiger partial charge < -0.3 is 5.11 Å². The zero-order chi connectivity index (χ0) is 16.4. The number of nitrogens with zero attached hydrogens (tertiary/aromatic N) is 2. The fourth-order valence-electron chi connectivity index (χ4n) is 2.47. The lowest BCUT2D eigenvalue weighted by Crippen LogP contribution is -2.40. The third-order valence-corrected chi connectivity index (χ3v) is 5.38. The molecule has 1 aliphatic rings. The van der Waals surface area contributed by atoms with Crippen molar-refractivity contribution in [1.29, 1.82) is 0 Å². The molecule has 1 N–H and O–H groups in total. The molecule has 0 unspecified atom stereocenters. The molecular formula is C16H14N2O4S. The van der Waals surface area contributed by atoms with Crippen LogP contribution in [-0.2, 0) is 10.0 Å². The van der Waals surface area contributed by atoms with E-state index in [-0.39, 0.29) is 35.1 Å². The minimum Gasteiger partial charge on any atom is -0.394 e. The number of benzene rings is 1. The fourth-order valence-corrected chi connectivity index (χ4v) is 4.11. The lowest BCUT2D eigenvalue weighted by Gasteiger charge is -2.30. The Labute approximate surface area is 133 Å². The summed E-state index contributed by atoms with van der Waals surface area (Å²) in [6.45, 7) is -0.568.